The van der Waals surface area contributed by atoms with Gasteiger partial charge in [-0.05, 0) is 37.0 Å². The summed E-state index contributed by atoms with van der Waals surface area (Å²) >= 11 is 0. The van der Waals surface area contributed by atoms with Crippen LogP contribution in [0.25, 0.3) is 0 Å². The van der Waals surface area contributed by atoms with E-state index in [4.69, 9.17) is 4.74 Å². The topological polar surface area (TPSA) is 82.0 Å². The number of rotatable bonds is 12. The molecule has 0 aromatic rings. The lowest BCUT2D eigenvalue weighted by Gasteiger charge is -2.26. The predicted octanol–water partition coefficient (Wildman–Crippen LogP) is 2.90. The van der Waals surface area contributed by atoms with Gasteiger partial charge in [-0.2, -0.15) is 0 Å². The molecule has 32 heavy (non-hydrogen) atoms. The Kier molecular flexibility index (Phi) is 10.2. The highest BCUT2D eigenvalue weighted by Crippen LogP contribution is 2.47. The fourth-order valence-electron chi connectivity index (χ4n) is 5.57. The Morgan fingerprint density at radius 1 is 1.38 bits per heavy atom. The number of unbranched alkanes of at least 4 members (excludes halogenated alkanes) is 1. The van der Waals surface area contributed by atoms with Gasteiger partial charge in [0.2, 0.25) is 5.91 Å². The Hall–Kier alpha value is -1.21. The van der Waals surface area contributed by atoms with Crippen molar-refractivity contribution < 1.29 is 19.7 Å². The highest BCUT2D eigenvalue weighted by Gasteiger charge is 2.43. The molecule has 1 heterocycles. The first-order valence-corrected chi connectivity index (χ1v) is 12.8. The number of carbonyl (C=O) groups excluding carboxylic acids is 1. The minimum Gasteiger partial charge on any atom is -0.392 e. The zero-order valence-electron chi connectivity index (χ0n) is 20.0. The molecule has 0 radical (unpaired) electrons. The molecule has 3 aliphatic rings. The van der Waals surface area contributed by atoms with E-state index in [1.807, 2.05) is 11.0 Å². The molecule has 1 saturated heterocycles. The second kappa shape index (κ2) is 12.9. The summed E-state index contributed by atoms with van der Waals surface area (Å²) in [7, 11) is 0. The molecule has 6 atom stereocenters. The summed E-state index contributed by atoms with van der Waals surface area (Å²) in [5, 5.41) is 24.4. The summed E-state index contributed by atoms with van der Waals surface area (Å²) in [5.41, 5.74) is 1.39. The first-order valence-electron chi connectivity index (χ1n) is 12.8. The first kappa shape index (κ1) is 25.4. The number of fused-ring (bicyclic) bond motifs is 1. The van der Waals surface area contributed by atoms with Crippen molar-refractivity contribution in [1.29, 1.82) is 0 Å². The zero-order chi connectivity index (χ0) is 22.9. The van der Waals surface area contributed by atoms with E-state index in [1.54, 1.807) is 0 Å². The molecule has 0 spiro atoms. The van der Waals surface area contributed by atoms with Gasteiger partial charge in [0.05, 0.1) is 25.4 Å². The fraction of sp³-hybridized carbons (Fsp3) is 0.808. The van der Waals surface area contributed by atoms with Crippen molar-refractivity contribution in [3.8, 4) is 0 Å². The SMILES string of the molecule is CCCC[C@H](C)C[C@H](O)C=C[C@@H]1[C@H]2CC(CNCCC(=O)N3CCOCC3)=C[C@H]2C[C@H]1O. The molecule has 6 nitrogen and oxygen atoms in total. The Morgan fingerprint density at radius 2 is 2.16 bits per heavy atom. The number of nitrogens with zero attached hydrogens (tertiary/aromatic N) is 1. The summed E-state index contributed by atoms with van der Waals surface area (Å²) in [6, 6.07) is 0. The van der Waals surface area contributed by atoms with Crippen LogP contribution < -0.4 is 5.32 Å². The molecule has 3 rings (SSSR count). The summed E-state index contributed by atoms with van der Waals surface area (Å²) in [5.74, 6) is 1.70. The molecular weight excluding hydrogens is 404 g/mol. The molecule has 1 amide bonds. The third-order valence-corrected chi connectivity index (χ3v) is 7.43. The maximum Gasteiger partial charge on any atom is 0.224 e. The third-order valence-electron chi connectivity index (χ3n) is 7.43. The van der Waals surface area contributed by atoms with Gasteiger partial charge in [0, 0.05) is 38.5 Å². The highest BCUT2D eigenvalue weighted by atomic mass is 16.5. The van der Waals surface area contributed by atoms with Crippen molar-refractivity contribution >= 4 is 5.91 Å². The van der Waals surface area contributed by atoms with Gasteiger partial charge in [0.25, 0.3) is 0 Å². The molecule has 182 valence electrons. The number of hydrogen-bond donors (Lipinski definition) is 3. The largest absolute Gasteiger partial charge is 0.392 e. The average Bonchev–Trinajstić information content (AvgIpc) is 3.30. The van der Waals surface area contributed by atoms with Gasteiger partial charge < -0.3 is 25.2 Å². The lowest BCUT2D eigenvalue weighted by molar-refractivity contribution is -0.135. The number of hydrogen-bond acceptors (Lipinski definition) is 5. The van der Waals surface area contributed by atoms with Gasteiger partial charge in [-0.1, -0.05) is 56.9 Å². The first-order chi connectivity index (χ1) is 15.5. The molecular formula is C26H44N2O4. The number of carbonyl (C=O) groups is 1. The molecule has 1 saturated carbocycles. The maximum atomic E-state index is 12.2. The van der Waals surface area contributed by atoms with Crippen molar-refractivity contribution in [2.45, 2.75) is 71.0 Å². The van der Waals surface area contributed by atoms with E-state index in [0.29, 0.717) is 57.0 Å². The second-order valence-electron chi connectivity index (χ2n) is 10.1. The number of allylic oxidation sites excluding steroid dienone is 1. The Morgan fingerprint density at radius 3 is 2.91 bits per heavy atom. The summed E-state index contributed by atoms with van der Waals surface area (Å²) in [4.78, 5) is 14.1. The van der Waals surface area contributed by atoms with Gasteiger partial charge in [-0.15, -0.1) is 0 Å². The van der Waals surface area contributed by atoms with Crippen molar-refractivity contribution in [2.75, 3.05) is 39.4 Å². The van der Waals surface area contributed by atoms with E-state index in [1.165, 1.54) is 18.4 Å². The van der Waals surface area contributed by atoms with Crippen LogP contribution in [-0.4, -0.2) is 72.6 Å². The van der Waals surface area contributed by atoms with Crippen LogP contribution in [0.4, 0.5) is 0 Å². The third kappa shape index (κ3) is 7.41. The molecule has 3 N–H and O–H groups in total. The Bertz CT molecular complexity index is 644. The molecule has 2 fully saturated rings. The van der Waals surface area contributed by atoms with Gasteiger partial charge in [-0.3, -0.25) is 4.79 Å². The quantitative estimate of drug-likeness (QED) is 0.316. The fourth-order valence-corrected chi connectivity index (χ4v) is 5.57. The Balaban J connectivity index is 1.38. The van der Waals surface area contributed by atoms with Crippen LogP contribution in [0, 0.1) is 23.7 Å². The van der Waals surface area contributed by atoms with E-state index < -0.39 is 6.10 Å². The average molecular weight is 449 g/mol. The standard InChI is InChI=1S/C26H44N2O4/c1-3-4-5-19(2)14-22(29)6-7-23-24-16-20(15-21(24)17-25(23)30)18-27-9-8-26(31)28-10-12-32-13-11-28/h6-7,15,19,21-25,27,29-30H,3-5,8-14,16-18H2,1-2H3/t19-,21-,22+,23+,24-,25+/m0/s1. The molecule has 6 heteroatoms. The predicted molar refractivity (Wildman–Crippen MR) is 127 cm³/mol. The van der Waals surface area contributed by atoms with Gasteiger partial charge >= 0.3 is 0 Å². The minimum atomic E-state index is -0.424. The molecule has 0 aromatic carbocycles. The van der Waals surface area contributed by atoms with Gasteiger partial charge in [0.15, 0.2) is 0 Å². The van der Waals surface area contributed by atoms with Crippen molar-refractivity contribution in [2.24, 2.45) is 23.7 Å². The van der Waals surface area contributed by atoms with E-state index in [2.05, 4.69) is 31.3 Å². The molecule has 0 aromatic heterocycles. The van der Waals surface area contributed by atoms with Crippen molar-refractivity contribution in [3.05, 3.63) is 23.8 Å². The van der Waals surface area contributed by atoms with Crippen LogP contribution in [-0.2, 0) is 9.53 Å². The van der Waals surface area contributed by atoms with E-state index in [9.17, 15) is 15.0 Å². The minimum absolute atomic E-state index is 0.122. The van der Waals surface area contributed by atoms with Crippen molar-refractivity contribution in [3.63, 3.8) is 0 Å². The summed E-state index contributed by atoms with van der Waals surface area (Å²) in [6.45, 7) is 8.61. The van der Waals surface area contributed by atoms with Crippen molar-refractivity contribution in [1.82, 2.24) is 10.2 Å². The van der Waals surface area contributed by atoms with Crippen LogP contribution in [0.1, 0.15) is 58.8 Å². The van der Waals surface area contributed by atoms with Crippen LogP contribution in [0.3, 0.4) is 0 Å². The lowest BCUT2D eigenvalue weighted by Crippen LogP contribution is -2.41. The van der Waals surface area contributed by atoms with Crippen LogP contribution in [0.15, 0.2) is 23.8 Å². The van der Waals surface area contributed by atoms with E-state index in [0.717, 1.165) is 32.2 Å². The molecule has 0 bridgehead atoms. The number of amides is 1. The second-order valence-corrected chi connectivity index (χ2v) is 10.1. The molecule has 2 aliphatic carbocycles. The highest BCUT2D eigenvalue weighted by molar-refractivity contribution is 5.76. The lowest BCUT2D eigenvalue weighted by atomic mass is 9.88. The number of aliphatic hydroxyl groups is 2. The normalized spacial score (nSPS) is 29.9. The zero-order valence-corrected chi connectivity index (χ0v) is 20.0. The van der Waals surface area contributed by atoms with E-state index >= 15 is 0 Å². The van der Waals surface area contributed by atoms with Gasteiger partial charge in [0.1, 0.15) is 0 Å². The molecule has 0 unspecified atom stereocenters. The summed E-state index contributed by atoms with van der Waals surface area (Å²) < 4.78 is 5.30. The molecule has 1 aliphatic heterocycles. The summed E-state index contributed by atoms with van der Waals surface area (Å²) in [6.07, 6.45) is 12.3. The number of aliphatic hydroxyl groups excluding tert-OH is 2. The monoisotopic (exact) mass is 448 g/mol. The van der Waals surface area contributed by atoms with Crippen LogP contribution in [0.2, 0.25) is 0 Å². The van der Waals surface area contributed by atoms with Crippen LogP contribution in [0.5, 0.6) is 0 Å². The van der Waals surface area contributed by atoms with Crippen LogP contribution >= 0.6 is 0 Å². The number of ether oxygens (including phenoxy) is 1. The van der Waals surface area contributed by atoms with Gasteiger partial charge in [-0.25, -0.2) is 0 Å². The van der Waals surface area contributed by atoms with E-state index in [-0.39, 0.29) is 17.9 Å². The number of nitrogens with one attached hydrogen (secondary N) is 1. The Labute approximate surface area is 194 Å². The maximum absolute atomic E-state index is 12.2. The number of morpholine rings is 1. The smallest absolute Gasteiger partial charge is 0.224 e.